The van der Waals surface area contributed by atoms with Gasteiger partial charge in [-0.2, -0.15) is 0 Å². The summed E-state index contributed by atoms with van der Waals surface area (Å²) in [5, 5.41) is 14.0. The van der Waals surface area contributed by atoms with Crippen molar-refractivity contribution in [3.63, 3.8) is 0 Å². The highest BCUT2D eigenvalue weighted by atomic mass is 32.2. The predicted molar refractivity (Wildman–Crippen MR) is 78.1 cm³/mol. The van der Waals surface area contributed by atoms with E-state index in [-0.39, 0.29) is 5.96 Å². The fourth-order valence-corrected chi connectivity index (χ4v) is 2.85. The minimum atomic E-state index is -1.50. The molecular weight excluding hydrogens is 284 g/mol. The van der Waals surface area contributed by atoms with E-state index >= 15 is 0 Å². The largest absolute Gasteiger partial charge is 0.370 e. The number of carbonyl (C=O) groups is 1. The van der Waals surface area contributed by atoms with Crippen LogP contribution in [0.15, 0.2) is 4.99 Å². The quantitative estimate of drug-likeness (QED) is 0.227. The topological polar surface area (TPSA) is 145 Å². The number of guanidine groups is 1. The molecule has 0 heterocycles. The molecule has 1 saturated carbocycles. The molecule has 1 rings (SSSR count). The van der Waals surface area contributed by atoms with Gasteiger partial charge in [0.2, 0.25) is 0 Å². The zero-order valence-electron chi connectivity index (χ0n) is 11.4. The minimum Gasteiger partial charge on any atom is -0.370 e. The summed E-state index contributed by atoms with van der Waals surface area (Å²) in [7, 11) is 0. The monoisotopic (exact) mass is 306 g/mol. The molecule has 8 nitrogen and oxygen atoms in total. The number of carbonyl (C=O) groups excluding carboxylic acids is 1. The van der Waals surface area contributed by atoms with Gasteiger partial charge in [0.15, 0.2) is 11.1 Å². The molecule has 0 unspecified atom stereocenters. The molecule has 0 bridgehead atoms. The number of hydrogen-bond donors (Lipinski definition) is 3. The first kappa shape index (κ1) is 18.5. The lowest BCUT2D eigenvalue weighted by Crippen LogP contribution is -2.23. The van der Waals surface area contributed by atoms with Crippen LogP contribution in [-0.4, -0.2) is 33.7 Å². The smallest absolute Gasteiger partial charge is 0.291 e. The summed E-state index contributed by atoms with van der Waals surface area (Å²) in [6.07, 6.45) is 6.75. The van der Waals surface area contributed by atoms with Crippen molar-refractivity contribution in [2.24, 2.45) is 22.4 Å². The highest BCUT2D eigenvalue weighted by Crippen LogP contribution is 2.28. The molecule has 0 aromatic rings. The van der Waals surface area contributed by atoms with E-state index in [0.29, 0.717) is 17.6 Å². The third-order valence-corrected chi connectivity index (χ3v) is 3.89. The maximum absolute atomic E-state index is 11.8. The molecule has 0 amide bonds. The fraction of sp³-hybridized carbons (Fsp3) is 0.818. The van der Waals surface area contributed by atoms with Gasteiger partial charge in [-0.3, -0.25) is 9.79 Å². The zero-order chi connectivity index (χ0) is 15.4. The van der Waals surface area contributed by atoms with E-state index in [1.807, 2.05) is 0 Å². The van der Waals surface area contributed by atoms with E-state index < -0.39 is 5.09 Å². The Morgan fingerprint density at radius 2 is 1.90 bits per heavy atom. The van der Waals surface area contributed by atoms with Gasteiger partial charge < -0.3 is 16.7 Å². The lowest BCUT2D eigenvalue weighted by molar-refractivity contribution is -0.742. The molecule has 5 N–H and O–H groups in total. The van der Waals surface area contributed by atoms with Gasteiger partial charge in [0.05, 0.1) is 0 Å². The standard InChI is InChI=1S/C11H21N3OS.HNO3/c12-11(13)14-7-4-8-16-10(15)9-5-2-1-3-6-9;2-1(3)4/h9H,1-8H2,(H4,12,13,14);(H,2,3,4). The van der Waals surface area contributed by atoms with Crippen LogP contribution in [0.4, 0.5) is 0 Å². The summed E-state index contributed by atoms with van der Waals surface area (Å²) in [4.78, 5) is 24.0. The van der Waals surface area contributed by atoms with Crippen LogP contribution in [0.25, 0.3) is 0 Å². The molecule has 116 valence electrons. The van der Waals surface area contributed by atoms with Crippen molar-refractivity contribution >= 4 is 22.8 Å². The molecule has 0 aromatic heterocycles. The Morgan fingerprint density at radius 1 is 1.35 bits per heavy atom. The van der Waals surface area contributed by atoms with E-state index in [9.17, 15) is 4.79 Å². The highest BCUT2D eigenvalue weighted by molar-refractivity contribution is 8.13. The normalized spacial score (nSPS) is 14.8. The van der Waals surface area contributed by atoms with Gasteiger partial charge in [-0.1, -0.05) is 31.0 Å². The number of thioether (sulfide) groups is 1. The first-order chi connectivity index (χ1) is 9.43. The summed E-state index contributed by atoms with van der Waals surface area (Å²) in [6, 6.07) is 0. The number of hydrogen-bond acceptors (Lipinski definition) is 5. The van der Waals surface area contributed by atoms with Crippen molar-refractivity contribution in [2.45, 2.75) is 38.5 Å². The van der Waals surface area contributed by atoms with Crippen molar-refractivity contribution in [3.8, 4) is 0 Å². The van der Waals surface area contributed by atoms with Crippen molar-refractivity contribution < 1.29 is 15.1 Å². The van der Waals surface area contributed by atoms with Crippen LogP contribution in [0.5, 0.6) is 0 Å². The predicted octanol–water partition coefficient (Wildman–Crippen LogP) is 1.14. The first-order valence-corrected chi connectivity index (χ1v) is 7.47. The van der Waals surface area contributed by atoms with Crippen LogP contribution >= 0.6 is 11.8 Å². The Bertz CT molecular complexity index is 324. The number of nitrogens with zero attached hydrogens (tertiary/aromatic N) is 2. The van der Waals surface area contributed by atoms with Gasteiger partial charge in [-0.15, -0.1) is 10.1 Å². The van der Waals surface area contributed by atoms with Crippen LogP contribution < -0.4 is 11.5 Å². The van der Waals surface area contributed by atoms with Crippen molar-refractivity contribution in [1.29, 1.82) is 0 Å². The average molecular weight is 306 g/mol. The van der Waals surface area contributed by atoms with E-state index in [2.05, 4.69) is 4.99 Å². The lowest BCUT2D eigenvalue weighted by atomic mass is 9.90. The third kappa shape index (κ3) is 11.6. The third-order valence-electron chi connectivity index (χ3n) is 2.78. The second-order valence-electron chi connectivity index (χ2n) is 4.40. The molecule has 0 saturated heterocycles. The summed E-state index contributed by atoms with van der Waals surface area (Å²) >= 11 is 1.44. The molecule has 0 atom stereocenters. The maximum atomic E-state index is 11.8. The summed E-state index contributed by atoms with van der Waals surface area (Å²) < 4.78 is 0. The zero-order valence-corrected chi connectivity index (χ0v) is 12.2. The molecule has 0 spiro atoms. The molecule has 9 heteroatoms. The molecular formula is C11H22N4O4S. The van der Waals surface area contributed by atoms with Crippen molar-refractivity contribution in [2.75, 3.05) is 12.3 Å². The van der Waals surface area contributed by atoms with Crippen LogP contribution in [0.3, 0.4) is 0 Å². The van der Waals surface area contributed by atoms with E-state index in [0.717, 1.165) is 25.0 Å². The first-order valence-electron chi connectivity index (χ1n) is 6.48. The maximum Gasteiger partial charge on any atom is 0.291 e. The van der Waals surface area contributed by atoms with E-state index in [4.69, 9.17) is 26.8 Å². The van der Waals surface area contributed by atoms with Crippen LogP contribution in [-0.2, 0) is 4.79 Å². The molecule has 0 radical (unpaired) electrons. The molecule has 0 aliphatic heterocycles. The van der Waals surface area contributed by atoms with Crippen LogP contribution in [0, 0.1) is 16.0 Å². The Balaban J connectivity index is 0.000000796. The number of rotatable bonds is 5. The van der Waals surface area contributed by atoms with Gasteiger partial charge in [0.1, 0.15) is 0 Å². The van der Waals surface area contributed by atoms with Crippen LogP contribution in [0.2, 0.25) is 0 Å². The summed E-state index contributed by atoms with van der Waals surface area (Å²) in [5.41, 5.74) is 10.4. The lowest BCUT2D eigenvalue weighted by Gasteiger charge is -2.19. The molecule has 20 heavy (non-hydrogen) atoms. The fourth-order valence-electron chi connectivity index (χ4n) is 1.90. The molecule has 1 aliphatic carbocycles. The molecule has 1 fully saturated rings. The second kappa shape index (κ2) is 11.3. The van der Waals surface area contributed by atoms with Gasteiger partial charge in [0.25, 0.3) is 5.09 Å². The SMILES string of the molecule is NC(N)=NCCCSC(=O)C1CCCCC1.O=[N+]([O-])O. The van der Waals surface area contributed by atoms with Crippen molar-refractivity contribution in [3.05, 3.63) is 10.1 Å². The average Bonchev–Trinajstić information content (AvgIpc) is 2.38. The summed E-state index contributed by atoms with van der Waals surface area (Å²) in [5.74, 6) is 1.26. The minimum absolute atomic E-state index is 0.128. The Hall–Kier alpha value is -1.51. The van der Waals surface area contributed by atoms with Gasteiger partial charge in [0, 0.05) is 18.2 Å². The Labute approximate surface area is 122 Å². The Kier molecular flexibility index (Phi) is 10.5. The van der Waals surface area contributed by atoms with E-state index in [1.54, 1.807) is 0 Å². The second-order valence-corrected chi connectivity index (χ2v) is 5.50. The highest BCUT2D eigenvalue weighted by Gasteiger charge is 2.20. The van der Waals surface area contributed by atoms with E-state index in [1.165, 1.54) is 31.0 Å². The van der Waals surface area contributed by atoms with Gasteiger partial charge in [-0.05, 0) is 19.3 Å². The Morgan fingerprint density at radius 3 is 2.40 bits per heavy atom. The molecule has 1 aliphatic rings. The van der Waals surface area contributed by atoms with Gasteiger partial charge in [-0.25, -0.2) is 0 Å². The van der Waals surface area contributed by atoms with Crippen molar-refractivity contribution in [1.82, 2.24) is 0 Å². The molecule has 0 aromatic carbocycles. The van der Waals surface area contributed by atoms with Gasteiger partial charge >= 0.3 is 0 Å². The number of nitrogens with two attached hydrogens (primary N) is 2. The van der Waals surface area contributed by atoms with Crippen LogP contribution in [0.1, 0.15) is 38.5 Å². The number of aliphatic imine (C=N–C) groups is 1. The summed E-state index contributed by atoms with van der Waals surface area (Å²) in [6.45, 7) is 0.618.